The number of hydrogen-bond donors (Lipinski definition) is 3. The van der Waals surface area contributed by atoms with Crippen LogP contribution in [-0.2, 0) is 5.75 Å². The van der Waals surface area contributed by atoms with E-state index < -0.39 is 4.92 Å². The van der Waals surface area contributed by atoms with Crippen molar-refractivity contribution in [2.24, 2.45) is 0 Å². The lowest BCUT2D eigenvalue weighted by atomic mass is 10.1. The van der Waals surface area contributed by atoms with E-state index in [1.807, 2.05) is 18.2 Å². The Morgan fingerprint density at radius 1 is 1.14 bits per heavy atom. The lowest BCUT2D eigenvalue weighted by Gasteiger charge is -2.11. The third-order valence-electron chi connectivity index (χ3n) is 3.84. The molecule has 2 aromatic carbocycles. The number of H-pyrrole nitrogens is 1. The second-order valence-electron chi connectivity index (χ2n) is 5.72. The maximum absolute atomic E-state index is 12.5. The molecule has 3 aromatic rings. The van der Waals surface area contributed by atoms with Gasteiger partial charge in [-0.15, -0.1) is 0 Å². The lowest BCUT2D eigenvalue weighted by molar-refractivity contribution is -0.384. The van der Waals surface area contributed by atoms with Crippen molar-refractivity contribution in [1.29, 1.82) is 0 Å². The summed E-state index contributed by atoms with van der Waals surface area (Å²) >= 11 is 1.47. The van der Waals surface area contributed by atoms with E-state index >= 15 is 0 Å². The maximum Gasteiger partial charge on any atom is 0.269 e. The first-order valence-corrected chi connectivity index (χ1v) is 9.44. The zero-order valence-electron chi connectivity index (χ0n) is 14.8. The van der Waals surface area contributed by atoms with Crippen LogP contribution >= 0.6 is 11.8 Å². The molecular formula is C18H18N6O3S. The van der Waals surface area contributed by atoms with Crippen molar-refractivity contribution in [3.63, 3.8) is 0 Å². The van der Waals surface area contributed by atoms with Crippen LogP contribution in [0.15, 0.2) is 60.0 Å². The van der Waals surface area contributed by atoms with Crippen LogP contribution in [0.5, 0.6) is 0 Å². The Morgan fingerprint density at radius 2 is 1.93 bits per heavy atom. The normalized spacial score (nSPS) is 10.4. The molecule has 28 heavy (non-hydrogen) atoms. The highest BCUT2D eigenvalue weighted by Crippen LogP contribution is 2.21. The molecule has 0 aliphatic carbocycles. The number of nitrogens with one attached hydrogen (secondary N) is 3. The van der Waals surface area contributed by atoms with Gasteiger partial charge in [0.15, 0.2) is 5.16 Å². The third kappa shape index (κ3) is 5.30. The first-order valence-electron chi connectivity index (χ1n) is 8.46. The summed E-state index contributed by atoms with van der Waals surface area (Å²) in [5.41, 5.74) is 2.32. The van der Waals surface area contributed by atoms with Crippen LogP contribution < -0.4 is 10.6 Å². The summed E-state index contributed by atoms with van der Waals surface area (Å²) in [6.45, 7) is 0.915. The van der Waals surface area contributed by atoms with E-state index in [2.05, 4.69) is 25.8 Å². The topological polar surface area (TPSA) is 126 Å². The van der Waals surface area contributed by atoms with E-state index in [0.29, 0.717) is 29.6 Å². The molecule has 0 saturated heterocycles. The molecule has 0 fully saturated rings. The summed E-state index contributed by atoms with van der Waals surface area (Å²) in [6, 6.07) is 13.6. The zero-order chi connectivity index (χ0) is 19.8. The quantitative estimate of drug-likeness (QED) is 0.219. The fourth-order valence-electron chi connectivity index (χ4n) is 2.46. The van der Waals surface area contributed by atoms with Gasteiger partial charge >= 0.3 is 0 Å². The Balaban J connectivity index is 1.48. The molecule has 0 spiro atoms. The lowest BCUT2D eigenvalue weighted by Crippen LogP contribution is -2.29. The summed E-state index contributed by atoms with van der Waals surface area (Å²) in [5, 5.41) is 23.9. The van der Waals surface area contributed by atoms with E-state index in [1.54, 1.807) is 18.2 Å². The van der Waals surface area contributed by atoms with E-state index in [4.69, 9.17) is 0 Å². The first-order chi connectivity index (χ1) is 13.6. The number of carbonyl (C=O) groups is 1. The Kier molecular flexibility index (Phi) is 6.58. The number of nitrogens with zero attached hydrogens (tertiary/aromatic N) is 3. The van der Waals surface area contributed by atoms with Gasteiger partial charge in [0.1, 0.15) is 6.33 Å². The number of benzene rings is 2. The van der Waals surface area contributed by atoms with E-state index in [1.165, 1.54) is 30.2 Å². The van der Waals surface area contributed by atoms with Crippen molar-refractivity contribution < 1.29 is 9.72 Å². The molecule has 144 valence electrons. The molecule has 10 heteroatoms. The Hall–Kier alpha value is -3.40. The molecule has 0 radical (unpaired) electrons. The Morgan fingerprint density at radius 3 is 2.64 bits per heavy atom. The average Bonchev–Trinajstić information content (AvgIpc) is 3.24. The van der Waals surface area contributed by atoms with E-state index in [9.17, 15) is 14.9 Å². The predicted molar refractivity (Wildman–Crippen MR) is 106 cm³/mol. The Bertz CT molecular complexity index is 931. The summed E-state index contributed by atoms with van der Waals surface area (Å²) in [5.74, 6) is 0.444. The van der Waals surface area contributed by atoms with E-state index in [-0.39, 0.29) is 11.6 Å². The number of nitro groups is 1. The van der Waals surface area contributed by atoms with Crippen LogP contribution in [0.2, 0.25) is 0 Å². The number of aromatic nitrogens is 3. The number of rotatable bonds is 9. The SMILES string of the molecule is O=C(NCCNc1ccc([N+](=O)[O-])cc1)c1ccccc1CSc1ncn[nH]1. The molecule has 9 nitrogen and oxygen atoms in total. The summed E-state index contributed by atoms with van der Waals surface area (Å²) in [7, 11) is 0. The first kappa shape index (κ1) is 19.4. The number of non-ortho nitro benzene ring substituents is 1. The van der Waals surface area contributed by atoms with Gasteiger partial charge in [0.05, 0.1) is 4.92 Å². The molecule has 1 aromatic heterocycles. The molecule has 0 atom stereocenters. The molecule has 0 aliphatic heterocycles. The van der Waals surface area contributed by atoms with Gasteiger partial charge < -0.3 is 10.6 Å². The van der Waals surface area contributed by atoms with Gasteiger partial charge in [-0.1, -0.05) is 30.0 Å². The number of aromatic amines is 1. The predicted octanol–water partition coefficient (Wildman–Crippen LogP) is 2.85. The van der Waals surface area contributed by atoms with Crippen molar-refractivity contribution in [3.05, 3.63) is 76.1 Å². The molecule has 1 heterocycles. The molecular weight excluding hydrogens is 380 g/mol. The number of carbonyl (C=O) groups excluding carboxylic acids is 1. The van der Waals surface area contributed by atoms with Gasteiger partial charge in [-0.3, -0.25) is 20.0 Å². The summed E-state index contributed by atoms with van der Waals surface area (Å²) < 4.78 is 0. The minimum Gasteiger partial charge on any atom is -0.383 e. The van der Waals surface area contributed by atoms with Crippen LogP contribution in [0.4, 0.5) is 11.4 Å². The Labute approximate surface area is 165 Å². The van der Waals surface area contributed by atoms with Crippen LogP contribution in [0.1, 0.15) is 15.9 Å². The summed E-state index contributed by atoms with van der Waals surface area (Å²) in [4.78, 5) is 26.8. The standard InChI is InChI=1S/C18H18N6O3S/c25-17(20-10-9-19-14-5-7-15(8-6-14)24(26)27)16-4-2-1-3-13(16)11-28-18-21-12-22-23-18/h1-8,12,19H,9-11H2,(H,20,25)(H,21,22,23). The maximum atomic E-state index is 12.5. The molecule has 3 rings (SSSR count). The smallest absolute Gasteiger partial charge is 0.269 e. The second-order valence-corrected chi connectivity index (χ2v) is 6.69. The van der Waals surface area contributed by atoms with Gasteiger partial charge in [0.2, 0.25) is 0 Å². The van der Waals surface area contributed by atoms with E-state index in [0.717, 1.165) is 11.3 Å². The molecule has 0 aliphatic rings. The highest BCUT2D eigenvalue weighted by Gasteiger charge is 2.11. The fourth-order valence-corrected chi connectivity index (χ4v) is 3.24. The molecule has 0 bridgehead atoms. The van der Waals surface area contributed by atoms with Crippen LogP contribution in [-0.4, -0.2) is 39.1 Å². The largest absolute Gasteiger partial charge is 0.383 e. The second kappa shape index (κ2) is 9.51. The van der Waals surface area contributed by atoms with Gasteiger partial charge in [-0.2, -0.15) is 5.10 Å². The molecule has 1 amide bonds. The average molecular weight is 398 g/mol. The highest BCUT2D eigenvalue weighted by atomic mass is 32.2. The number of thioether (sulfide) groups is 1. The number of hydrogen-bond acceptors (Lipinski definition) is 7. The number of anilines is 1. The molecule has 0 unspecified atom stereocenters. The van der Waals surface area contributed by atoms with Crippen molar-refractivity contribution in [2.75, 3.05) is 18.4 Å². The van der Waals surface area contributed by atoms with Crippen molar-refractivity contribution in [2.45, 2.75) is 10.9 Å². The third-order valence-corrected chi connectivity index (χ3v) is 4.76. The number of amides is 1. The summed E-state index contributed by atoms with van der Waals surface area (Å²) in [6.07, 6.45) is 1.44. The molecule has 3 N–H and O–H groups in total. The van der Waals surface area contributed by atoms with Crippen molar-refractivity contribution in [3.8, 4) is 0 Å². The minimum atomic E-state index is -0.442. The van der Waals surface area contributed by atoms with Gasteiger partial charge in [-0.05, 0) is 23.8 Å². The molecule has 0 saturated carbocycles. The van der Waals surface area contributed by atoms with Crippen LogP contribution in [0.25, 0.3) is 0 Å². The highest BCUT2D eigenvalue weighted by molar-refractivity contribution is 7.98. The monoisotopic (exact) mass is 398 g/mol. The number of nitro benzene ring substituents is 1. The van der Waals surface area contributed by atoms with Gasteiger partial charge in [0.25, 0.3) is 11.6 Å². The minimum absolute atomic E-state index is 0.0404. The van der Waals surface area contributed by atoms with Gasteiger partial charge in [-0.25, -0.2) is 4.98 Å². The van der Waals surface area contributed by atoms with Crippen LogP contribution in [0.3, 0.4) is 0 Å². The zero-order valence-corrected chi connectivity index (χ0v) is 15.6. The van der Waals surface area contributed by atoms with Crippen LogP contribution in [0, 0.1) is 10.1 Å². The van der Waals surface area contributed by atoms with Crippen molar-refractivity contribution >= 4 is 29.0 Å². The van der Waals surface area contributed by atoms with Crippen molar-refractivity contribution in [1.82, 2.24) is 20.5 Å². The fraction of sp³-hybridized carbons (Fsp3) is 0.167. The van der Waals surface area contributed by atoms with Gasteiger partial charge in [0, 0.05) is 42.2 Å².